The summed E-state index contributed by atoms with van der Waals surface area (Å²) in [5, 5.41) is 20.3. The number of rotatable bonds is 3. The molecule has 0 unspecified atom stereocenters. The van der Waals surface area contributed by atoms with E-state index in [0.717, 1.165) is 17.5 Å². The smallest absolute Gasteiger partial charge is 0.231 e. The van der Waals surface area contributed by atoms with Crippen molar-refractivity contribution in [2.75, 3.05) is 20.5 Å². The van der Waals surface area contributed by atoms with Crippen molar-refractivity contribution in [3.05, 3.63) is 35.4 Å². The molecule has 27 heavy (non-hydrogen) atoms. The highest BCUT2D eigenvalue weighted by molar-refractivity contribution is 5.52. The maximum absolute atomic E-state index is 10.3. The van der Waals surface area contributed by atoms with Crippen LogP contribution in [0.2, 0.25) is 0 Å². The van der Waals surface area contributed by atoms with Gasteiger partial charge in [-0.2, -0.15) is 0 Å². The van der Waals surface area contributed by atoms with E-state index in [2.05, 4.69) is 0 Å². The number of fused-ring (bicyclic) bond motifs is 3. The van der Waals surface area contributed by atoms with E-state index in [4.69, 9.17) is 23.7 Å². The van der Waals surface area contributed by atoms with Crippen LogP contribution in [-0.2, 0) is 17.6 Å². The van der Waals surface area contributed by atoms with Crippen LogP contribution in [0.15, 0.2) is 24.3 Å². The predicted octanol–water partition coefficient (Wildman–Crippen LogP) is 2.60. The fourth-order valence-corrected chi connectivity index (χ4v) is 4.10. The van der Waals surface area contributed by atoms with E-state index in [0.29, 0.717) is 36.0 Å². The van der Waals surface area contributed by atoms with Crippen LogP contribution >= 0.6 is 0 Å². The molecule has 3 heterocycles. The summed E-state index contributed by atoms with van der Waals surface area (Å²) in [6, 6.07) is 6.83. The van der Waals surface area contributed by atoms with Gasteiger partial charge in [0.15, 0.2) is 23.0 Å². The molecule has 7 nitrogen and oxygen atoms in total. The Morgan fingerprint density at radius 3 is 2.63 bits per heavy atom. The van der Waals surface area contributed by atoms with Crippen LogP contribution < -0.4 is 18.9 Å². The molecule has 0 radical (unpaired) electrons. The number of benzene rings is 2. The largest absolute Gasteiger partial charge is 0.508 e. The van der Waals surface area contributed by atoms with E-state index >= 15 is 0 Å². The molecule has 0 amide bonds. The average molecular weight is 372 g/mol. The van der Waals surface area contributed by atoms with Crippen LogP contribution in [0.1, 0.15) is 11.1 Å². The van der Waals surface area contributed by atoms with Gasteiger partial charge in [0.05, 0.1) is 13.7 Å². The molecule has 1 fully saturated rings. The molecule has 1 saturated heterocycles. The molecule has 0 spiro atoms. The van der Waals surface area contributed by atoms with Gasteiger partial charge in [-0.25, -0.2) is 0 Å². The molecule has 3 aliphatic rings. The van der Waals surface area contributed by atoms with Gasteiger partial charge in [-0.3, -0.25) is 0 Å². The van der Waals surface area contributed by atoms with E-state index in [-0.39, 0.29) is 36.4 Å². The molecule has 2 aromatic rings. The van der Waals surface area contributed by atoms with Gasteiger partial charge >= 0.3 is 0 Å². The Labute approximate surface area is 156 Å². The Morgan fingerprint density at radius 1 is 1.04 bits per heavy atom. The zero-order valence-corrected chi connectivity index (χ0v) is 14.8. The van der Waals surface area contributed by atoms with Gasteiger partial charge in [0.25, 0.3) is 0 Å². The number of aromatic hydroxyl groups is 2. The van der Waals surface area contributed by atoms with Crippen molar-refractivity contribution in [1.29, 1.82) is 0 Å². The van der Waals surface area contributed by atoms with Crippen molar-refractivity contribution < 1.29 is 33.9 Å². The highest BCUT2D eigenvalue weighted by atomic mass is 16.7. The van der Waals surface area contributed by atoms with Crippen LogP contribution in [0.4, 0.5) is 0 Å². The van der Waals surface area contributed by atoms with Crippen LogP contribution in [0, 0.1) is 11.8 Å². The molecule has 7 heteroatoms. The zero-order valence-electron chi connectivity index (χ0n) is 14.8. The standard InChI is InChI=1S/C20H20O7/c1-23-17-5-11-3-13-12(8-24-20(13)27-16(11)7-15(17)22)2-10-4-18-19(6-14(10)21)26-9-25-18/h4-7,12-13,20-22H,2-3,8-9H2,1H3/t12-,13+,20+/m0/s1. The molecule has 0 aliphatic carbocycles. The van der Waals surface area contributed by atoms with Crippen LogP contribution in [0.3, 0.4) is 0 Å². The van der Waals surface area contributed by atoms with E-state index in [1.54, 1.807) is 12.1 Å². The molecule has 0 saturated carbocycles. The molecule has 3 atom stereocenters. The molecule has 5 rings (SSSR count). The number of phenolic OH excluding ortho intramolecular Hbond substituents is 2. The summed E-state index contributed by atoms with van der Waals surface area (Å²) in [6.45, 7) is 0.717. The molecule has 2 N–H and O–H groups in total. The summed E-state index contributed by atoms with van der Waals surface area (Å²) < 4.78 is 27.7. The second-order valence-electron chi connectivity index (χ2n) is 7.12. The third-order valence-electron chi connectivity index (χ3n) is 5.55. The average Bonchev–Trinajstić information content (AvgIpc) is 3.26. The first-order valence-electron chi connectivity index (χ1n) is 8.92. The summed E-state index contributed by atoms with van der Waals surface area (Å²) in [6.07, 6.45) is 1.05. The second-order valence-corrected chi connectivity index (χ2v) is 7.12. The van der Waals surface area contributed by atoms with Crippen molar-refractivity contribution >= 4 is 0 Å². The van der Waals surface area contributed by atoms with Crippen molar-refractivity contribution in [3.63, 3.8) is 0 Å². The van der Waals surface area contributed by atoms with Crippen LogP contribution in [0.5, 0.6) is 34.5 Å². The van der Waals surface area contributed by atoms with Gasteiger partial charge in [-0.05, 0) is 42.0 Å². The minimum atomic E-state index is -0.355. The first-order valence-corrected chi connectivity index (χ1v) is 8.92. The van der Waals surface area contributed by atoms with Gasteiger partial charge in [-0.15, -0.1) is 0 Å². The number of ether oxygens (including phenoxy) is 5. The van der Waals surface area contributed by atoms with Gasteiger partial charge < -0.3 is 33.9 Å². The molecule has 0 aromatic heterocycles. The monoisotopic (exact) mass is 372 g/mol. The second kappa shape index (κ2) is 6.13. The Hall–Kier alpha value is -2.80. The highest BCUT2D eigenvalue weighted by Crippen LogP contribution is 2.45. The summed E-state index contributed by atoms with van der Waals surface area (Å²) in [5.41, 5.74) is 1.79. The normalized spacial score (nSPS) is 24.9. The molecule has 142 valence electrons. The zero-order chi connectivity index (χ0) is 18.5. The summed E-state index contributed by atoms with van der Waals surface area (Å²) in [7, 11) is 1.53. The lowest BCUT2D eigenvalue weighted by atomic mass is 9.83. The Balaban J connectivity index is 1.39. The fourth-order valence-electron chi connectivity index (χ4n) is 4.10. The van der Waals surface area contributed by atoms with Gasteiger partial charge in [0.2, 0.25) is 13.1 Å². The molecular weight excluding hydrogens is 352 g/mol. The van der Waals surface area contributed by atoms with Crippen molar-refractivity contribution in [2.45, 2.75) is 19.1 Å². The predicted molar refractivity (Wildman–Crippen MR) is 93.6 cm³/mol. The highest BCUT2D eigenvalue weighted by Gasteiger charge is 2.42. The lowest BCUT2D eigenvalue weighted by Crippen LogP contribution is -2.32. The van der Waals surface area contributed by atoms with Crippen molar-refractivity contribution in [1.82, 2.24) is 0 Å². The first-order chi connectivity index (χ1) is 13.1. The van der Waals surface area contributed by atoms with Crippen molar-refractivity contribution in [2.24, 2.45) is 11.8 Å². The van der Waals surface area contributed by atoms with Gasteiger partial charge in [0, 0.05) is 18.1 Å². The third kappa shape index (κ3) is 2.70. The van der Waals surface area contributed by atoms with Gasteiger partial charge in [0.1, 0.15) is 11.5 Å². The van der Waals surface area contributed by atoms with E-state index in [1.165, 1.54) is 7.11 Å². The first kappa shape index (κ1) is 16.4. The summed E-state index contributed by atoms with van der Waals surface area (Å²) >= 11 is 0. The van der Waals surface area contributed by atoms with E-state index < -0.39 is 0 Å². The molecular formula is C20H20O7. The lowest BCUT2D eigenvalue weighted by Gasteiger charge is -2.30. The number of hydrogen-bond donors (Lipinski definition) is 2. The molecule has 2 aromatic carbocycles. The summed E-state index contributed by atoms with van der Waals surface area (Å²) in [4.78, 5) is 0. The van der Waals surface area contributed by atoms with Crippen LogP contribution in [0.25, 0.3) is 0 Å². The van der Waals surface area contributed by atoms with Crippen molar-refractivity contribution in [3.8, 4) is 34.5 Å². The van der Waals surface area contributed by atoms with E-state index in [1.807, 2.05) is 12.1 Å². The fraction of sp³-hybridized carbons (Fsp3) is 0.400. The third-order valence-corrected chi connectivity index (χ3v) is 5.55. The minimum absolute atomic E-state index is 0.0505. The SMILES string of the molecule is COc1cc2c(cc1O)O[C@H]1OC[C@H](Cc3cc4c(cc3O)OCO4)[C@H]1C2. The quantitative estimate of drug-likeness (QED) is 0.856. The Morgan fingerprint density at radius 2 is 1.81 bits per heavy atom. The summed E-state index contributed by atoms with van der Waals surface area (Å²) in [5.74, 6) is 2.87. The lowest BCUT2D eigenvalue weighted by molar-refractivity contribution is -0.0702. The number of methoxy groups -OCH3 is 1. The molecule has 0 bridgehead atoms. The minimum Gasteiger partial charge on any atom is -0.508 e. The molecule has 3 aliphatic heterocycles. The Bertz CT molecular complexity index is 894. The van der Waals surface area contributed by atoms with E-state index in [9.17, 15) is 10.2 Å². The maximum atomic E-state index is 10.3. The van der Waals surface area contributed by atoms with Gasteiger partial charge in [-0.1, -0.05) is 0 Å². The topological polar surface area (TPSA) is 86.6 Å². The number of phenols is 2. The maximum Gasteiger partial charge on any atom is 0.231 e. The Kier molecular flexibility index (Phi) is 3.72. The number of hydrogen-bond acceptors (Lipinski definition) is 7. The van der Waals surface area contributed by atoms with Crippen LogP contribution in [-0.4, -0.2) is 37.0 Å².